The second-order valence-electron chi connectivity index (χ2n) is 4.51. The molecule has 20 heavy (non-hydrogen) atoms. The van der Waals surface area contributed by atoms with Crippen LogP contribution in [0.1, 0.15) is 12.0 Å². The van der Waals surface area contributed by atoms with Crippen LogP contribution in [-0.2, 0) is 16.1 Å². The molecule has 108 valence electrons. The maximum absolute atomic E-state index is 12.0. The van der Waals surface area contributed by atoms with Crippen molar-refractivity contribution in [3.63, 3.8) is 0 Å². The smallest absolute Gasteiger partial charge is 0.230 e. The molecule has 6 heteroatoms. The van der Waals surface area contributed by atoms with Gasteiger partial charge in [-0.15, -0.1) is 11.8 Å². The average Bonchev–Trinajstić information content (AvgIpc) is 2.68. The van der Waals surface area contributed by atoms with Gasteiger partial charge >= 0.3 is 0 Å². The third-order valence-corrected chi connectivity index (χ3v) is 4.22. The molecule has 0 aliphatic carbocycles. The third kappa shape index (κ3) is 3.52. The first-order valence-electron chi connectivity index (χ1n) is 6.34. The number of thioether (sulfide) groups is 1. The molecule has 1 amide bonds. The fourth-order valence-corrected chi connectivity index (χ4v) is 3.05. The van der Waals surface area contributed by atoms with Gasteiger partial charge in [0, 0.05) is 23.7 Å². The zero-order chi connectivity index (χ0) is 14.5. The van der Waals surface area contributed by atoms with Gasteiger partial charge in [0.2, 0.25) is 5.91 Å². The van der Waals surface area contributed by atoms with Crippen molar-refractivity contribution >= 4 is 23.5 Å². The maximum Gasteiger partial charge on any atom is 0.230 e. The molecule has 1 aromatic rings. The molecule has 5 nitrogen and oxygen atoms in total. The number of aliphatic hydroxyl groups is 1. The van der Waals surface area contributed by atoms with E-state index < -0.39 is 12.4 Å². The second-order valence-corrected chi connectivity index (χ2v) is 5.65. The first-order chi connectivity index (χ1) is 9.63. The van der Waals surface area contributed by atoms with Gasteiger partial charge in [-0.1, -0.05) is 0 Å². The Morgan fingerprint density at radius 2 is 2.25 bits per heavy atom. The molecular formula is C14H17NO4S. The van der Waals surface area contributed by atoms with Crippen LogP contribution in [-0.4, -0.2) is 47.7 Å². The van der Waals surface area contributed by atoms with Crippen molar-refractivity contribution in [2.45, 2.75) is 17.9 Å². The summed E-state index contributed by atoms with van der Waals surface area (Å²) < 4.78 is 5.20. The van der Waals surface area contributed by atoms with Gasteiger partial charge in [-0.2, -0.15) is 0 Å². The quantitative estimate of drug-likeness (QED) is 0.842. The largest absolute Gasteiger partial charge is 0.497 e. The molecule has 0 spiro atoms. The van der Waals surface area contributed by atoms with Crippen LogP contribution in [0.2, 0.25) is 0 Å². The summed E-state index contributed by atoms with van der Waals surface area (Å²) >= 11 is 1.69. The molecule has 1 aliphatic rings. The van der Waals surface area contributed by atoms with Crippen molar-refractivity contribution in [1.29, 1.82) is 0 Å². The number of nitrogens with zero attached hydrogens (tertiary/aromatic N) is 1. The number of fused-ring (bicyclic) bond motifs is 1. The minimum absolute atomic E-state index is 0.236. The Bertz CT molecular complexity index is 518. The average molecular weight is 295 g/mol. The minimum atomic E-state index is -0.585. The van der Waals surface area contributed by atoms with E-state index in [4.69, 9.17) is 9.84 Å². The topological polar surface area (TPSA) is 66.8 Å². The molecule has 2 rings (SSSR count). The van der Waals surface area contributed by atoms with E-state index in [1.165, 1.54) is 0 Å². The molecule has 0 bridgehead atoms. The summed E-state index contributed by atoms with van der Waals surface area (Å²) in [4.78, 5) is 26.0. The van der Waals surface area contributed by atoms with Crippen LogP contribution in [0.5, 0.6) is 5.75 Å². The van der Waals surface area contributed by atoms with Crippen LogP contribution < -0.4 is 4.74 Å². The van der Waals surface area contributed by atoms with Crippen molar-refractivity contribution in [1.82, 2.24) is 4.90 Å². The number of methoxy groups -OCH3 is 1. The number of rotatable bonds is 4. The first-order valence-corrected chi connectivity index (χ1v) is 7.32. The van der Waals surface area contributed by atoms with Gasteiger partial charge < -0.3 is 14.7 Å². The Labute approximate surface area is 121 Å². The highest BCUT2D eigenvalue weighted by atomic mass is 32.2. The first kappa shape index (κ1) is 14.9. The standard InChI is InChI=1S/C14H17NO4S/c1-19-12-2-3-13-10(6-12)8-15(4-5-20-13)14(18)7-11(17)9-16/h2-3,6,16H,4-5,7-9H2,1H3. The Kier molecular flexibility index (Phi) is 5.03. The van der Waals surface area contributed by atoms with E-state index in [9.17, 15) is 9.59 Å². The number of carbonyl (C=O) groups excluding carboxylic acids is 2. The van der Waals surface area contributed by atoms with Gasteiger partial charge in [0.25, 0.3) is 0 Å². The van der Waals surface area contributed by atoms with Crippen molar-refractivity contribution < 1.29 is 19.4 Å². The van der Waals surface area contributed by atoms with E-state index in [1.807, 2.05) is 18.2 Å². The zero-order valence-corrected chi connectivity index (χ0v) is 12.1. The van der Waals surface area contributed by atoms with E-state index in [0.29, 0.717) is 13.1 Å². The predicted octanol–water partition coefficient (Wildman–Crippen LogP) is 1.08. The summed E-state index contributed by atoms with van der Waals surface area (Å²) in [5.74, 6) is 0.862. The van der Waals surface area contributed by atoms with Crippen LogP contribution in [0.3, 0.4) is 0 Å². The van der Waals surface area contributed by atoms with Crippen LogP contribution in [0.25, 0.3) is 0 Å². The van der Waals surface area contributed by atoms with Crippen LogP contribution in [0.15, 0.2) is 23.1 Å². The zero-order valence-electron chi connectivity index (χ0n) is 11.3. The third-order valence-electron chi connectivity index (χ3n) is 3.13. The fraction of sp³-hybridized carbons (Fsp3) is 0.429. The van der Waals surface area contributed by atoms with E-state index in [2.05, 4.69) is 0 Å². The van der Waals surface area contributed by atoms with Gasteiger partial charge in [0.1, 0.15) is 12.4 Å². The highest BCUT2D eigenvalue weighted by Crippen LogP contribution is 2.30. The normalized spacial score (nSPS) is 14.4. The molecule has 1 aromatic carbocycles. The maximum atomic E-state index is 12.0. The van der Waals surface area contributed by atoms with E-state index in [-0.39, 0.29) is 12.3 Å². The predicted molar refractivity (Wildman–Crippen MR) is 75.8 cm³/mol. The number of aliphatic hydroxyl groups excluding tert-OH is 1. The highest BCUT2D eigenvalue weighted by Gasteiger charge is 2.21. The molecule has 0 atom stereocenters. The van der Waals surface area contributed by atoms with E-state index >= 15 is 0 Å². The lowest BCUT2D eigenvalue weighted by atomic mass is 10.2. The summed E-state index contributed by atoms with van der Waals surface area (Å²) in [7, 11) is 1.61. The van der Waals surface area contributed by atoms with Crippen molar-refractivity contribution in [2.75, 3.05) is 26.0 Å². The van der Waals surface area contributed by atoms with Crippen LogP contribution in [0.4, 0.5) is 0 Å². The number of ketones is 1. The van der Waals surface area contributed by atoms with Crippen molar-refractivity contribution in [3.8, 4) is 5.75 Å². The fourth-order valence-electron chi connectivity index (χ4n) is 2.05. The molecule has 1 N–H and O–H groups in total. The van der Waals surface area contributed by atoms with Gasteiger partial charge in [-0.25, -0.2) is 0 Å². The Morgan fingerprint density at radius 1 is 1.45 bits per heavy atom. The van der Waals surface area contributed by atoms with Crippen LogP contribution >= 0.6 is 11.8 Å². The lowest BCUT2D eigenvalue weighted by Gasteiger charge is -2.20. The van der Waals surface area contributed by atoms with Gasteiger partial charge in [-0.3, -0.25) is 9.59 Å². The molecule has 1 heterocycles. The molecule has 0 unspecified atom stereocenters. The monoisotopic (exact) mass is 295 g/mol. The SMILES string of the molecule is COc1ccc2c(c1)CN(C(=O)CC(=O)CO)CCS2. The van der Waals surface area contributed by atoms with E-state index in [1.54, 1.807) is 23.8 Å². The van der Waals surface area contributed by atoms with Gasteiger partial charge in [0.15, 0.2) is 5.78 Å². The molecule has 0 saturated carbocycles. The number of benzene rings is 1. The van der Waals surface area contributed by atoms with Gasteiger partial charge in [-0.05, 0) is 23.8 Å². The number of carbonyl (C=O) groups is 2. The minimum Gasteiger partial charge on any atom is -0.497 e. The van der Waals surface area contributed by atoms with Crippen molar-refractivity contribution in [3.05, 3.63) is 23.8 Å². The lowest BCUT2D eigenvalue weighted by molar-refractivity contribution is -0.136. The molecule has 1 aliphatic heterocycles. The Morgan fingerprint density at radius 3 is 2.95 bits per heavy atom. The summed E-state index contributed by atoms with van der Waals surface area (Å²) in [6, 6.07) is 5.81. The number of amides is 1. The number of Topliss-reactive ketones (excluding diaryl/α,β-unsaturated/α-hetero) is 1. The Balaban J connectivity index is 2.14. The number of ether oxygens (including phenoxy) is 1. The lowest BCUT2D eigenvalue weighted by Crippen LogP contribution is -2.33. The Hall–Kier alpha value is -1.53. The highest BCUT2D eigenvalue weighted by molar-refractivity contribution is 7.99. The molecule has 0 fully saturated rings. The molecule has 0 aromatic heterocycles. The van der Waals surface area contributed by atoms with Crippen molar-refractivity contribution in [2.24, 2.45) is 0 Å². The van der Waals surface area contributed by atoms with Crippen LogP contribution in [0, 0.1) is 0 Å². The number of hydrogen-bond donors (Lipinski definition) is 1. The molecule has 0 radical (unpaired) electrons. The molecular weight excluding hydrogens is 278 g/mol. The summed E-state index contributed by atoms with van der Waals surface area (Å²) in [6.07, 6.45) is -0.236. The second kappa shape index (κ2) is 6.76. The van der Waals surface area contributed by atoms with E-state index in [0.717, 1.165) is 22.0 Å². The summed E-state index contributed by atoms with van der Waals surface area (Å²) in [5.41, 5.74) is 1.02. The molecule has 0 saturated heterocycles. The number of hydrogen-bond acceptors (Lipinski definition) is 5. The summed E-state index contributed by atoms with van der Waals surface area (Å²) in [5, 5.41) is 8.72. The van der Waals surface area contributed by atoms with Gasteiger partial charge in [0.05, 0.1) is 13.5 Å². The summed E-state index contributed by atoms with van der Waals surface area (Å²) in [6.45, 7) is 0.481.